The number of aromatic nitrogens is 1. The van der Waals surface area contributed by atoms with Crippen LogP contribution in [0.3, 0.4) is 0 Å². The number of rotatable bonds is 1. The molecule has 0 aliphatic carbocycles. The predicted molar refractivity (Wildman–Crippen MR) is 45.2 cm³/mol. The van der Waals surface area contributed by atoms with Crippen LogP contribution >= 0.6 is 11.3 Å². The smallest absolute Gasteiger partial charge is 0.294 e. The summed E-state index contributed by atoms with van der Waals surface area (Å²) in [6.07, 6.45) is 3.10. The maximum Gasteiger partial charge on any atom is 0.294 e. The van der Waals surface area contributed by atoms with E-state index in [1.54, 1.807) is 11.6 Å². The van der Waals surface area contributed by atoms with Crippen molar-refractivity contribution in [3.63, 3.8) is 0 Å². The van der Waals surface area contributed by atoms with Crippen molar-refractivity contribution >= 4 is 22.4 Å². The number of carbonyl (C=O) groups excluding carboxylic acids is 1. The van der Waals surface area contributed by atoms with E-state index in [-0.39, 0.29) is 11.7 Å². The lowest BCUT2D eigenvalue weighted by Gasteiger charge is -2.10. The molecule has 0 radical (unpaired) electrons. The van der Waals surface area contributed by atoms with Crippen LogP contribution in [0, 0.1) is 0 Å². The highest BCUT2D eigenvalue weighted by atomic mass is 32.1. The molecule has 1 aliphatic heterocycles. The van der Waals surface area contributed by atoms with Crippen LogP contribution < -0.4 is 4.90 Å². The van der Waals surface area contributed by atoms with Gasteiger partial charge in [-0.2, -0.15) is 0 Å². The Kier molecular flexibility index (Phi) is 1.58. The first kappa shape index (κ1) is 7.30. The van der Waals surface area contributed by atoms with Crippen LogP contribution in [-0.4, -0.2) is 22.5 Å². The highest BCUT2D eigenvalue weighted by Gasteiger charge is 2.25. The van der Waals surface area contributed by atoms with Crippen LogP contribution in [0.5, 0.6) is 0 Å². The maximum absolute atomic E-state index is 11.2. The van der Waals surface area contributed by atoms with Crippen LogP contribution in [0.4, 0.5) is 5.13 Å². The van der Waals surface area contributed by atoms with Gasteiger partial charge in [-0.05, 0) is 6.08 Å². The van der Waals surface area contributed by atoms with Crippen molar-refractivity contribution < 1.29 is 9.90 Å². The number of aliphatic hydroxyl groups is 1. The molecule has 0 atom stereocenters. The molecule has 4 nitrogen and oxygen atoms in total. The van der Waals surface area contributed by atoms with E-state index in [0.29, 0.717) is 11.7 Å². The minimum Gasteiger partial charge on any atom is -0.503 e. The van der Waals surface area contributed by atoms with E-state index in [1.807, 2.05) is 0 Å². The van der Waals surface area contributed by atoms with Crippen molar-refractivity contribution in [1.82, 2.24) is 4.98 Å². The Morgan fingerprint density at radius 1 is 1.67 bits per heavy atom. The van der Waals surface area contributed by atoms with Crippen molar-refractivity contribution in [2.24, 2.45) is 0 Å². The molecule has 1 aliphatic rings. The van der Waals surface area contributed by atoms with E-state index in [1.165, 1.54) is 22.3 Å². The van der Waals surface area contributed by atoms with E-state index in [4.69, 9.17) is 5.11 Å². The monoisotopic (exact) mass is 182 g/mol. The largest absolute Gasteiger partial charge is 0.503 e. The van der Waals surface area contributed by atoms with E-state index in [0.717, 1.165) is 0 Å². The first-order valence-electron chi connectivity index (χ1n) is 3.39. The van der Waals surface area contributed by atoms with Gasteiger partial charge >= 0.3 is 0 Å². The van der Waals surface area contributed by atoms with Gasteiger partial charge in [-0.25, -0.2) is 4.98 Å². The normalized spacial score (nSPS) is 16.8. The molecule has 1 amide bonds. The minimum absolute atomic E-state index is 0.190. The molecular formula is C7H6N2O2S. The van der Waals surface area contributed by atoms with Gasteiger partial charge in [0.1, 0.15) is 0 Å². The topological polar surface area (TPSA) is 53.4 Å². The van der Waals surface area contributed by atoms with Crippen LogP contribution in [0.25, 0.3) is 0 Å². The summed E-state index contributed by atoms with van der Waals surface area (Å²) in [7, 11) is 0. The predicted octanol–water partition coefficient (Wildman–Crippen LogP) is 0.932. The van der Waals surface area contributed by atoms with E-state index >= 15 is 0 Å². The van der Waals surface area contributed by atoms with Crippen molar-refractivity contribution in [1.29, 1.82) is 0 Å². The van der Waals surface area contributed by atoms with Gasteiger partial charge in [0.2, 0.25) is 0 Å². The fourth-order valence-corrected chi connectivity index (χ4v) is 1.65. The third kappa shape index (κ3) is 0.984. The molecule has 0 unspecified atom stereocenters. The summed E-state index contributed by atoms with van der Waals surface area (Å²) in [4.78, 5) is 16.6. The number of hydrogen-bond acceptors (Lipinski definition) is 4. The minimum atomic E-state index is -0.370. The number of anilines is 1. The lowest BCUT2D eigenvalue weighted by molar-refractivity contribution is -0.116. The van der Waals surface area contributed by atoms with Gasteiger partial charge in [0, 0.05) is 11.6 Å². The van der Waals surface area contributed by atoms with Gasteiger partial charge in [0.15, 0.2) is 10.9 Å². The van der Waals surface area contributed by atoms with Crippen molar-refractivity contribution in [3.05, 3.63) is 23.4 Å². The Balaban J connectivity index is 2.25. The molecule has 0 aromatic carbocycles. The molecule has 0 fully saturated rings. The molecule has 1 aromatic rings. The molecule has 12 heavy (non-hydrogen) atoms. The number of amides is 1. The second-order valence-corrected chi connectivity index (χ2v) is 3.19. The molecule has 0 bridgehead atoms. The number of thiazole rings is 1. The fourth-order valence-electron chi connectivity index (χ4n) is 1.00. The average molecular weight is 182 g/mol. The summed E-state index contributed by atoms with van der Waals surface area (Å²) in [6.45, 7) is 0.415. The summed E-state index contributed by atoms with van der Waals surface area (Å²) >= 11 is 1.38. The highest BCUT2D eigenvalue weighted by Crippen LogP contribution is 2.21. The Morgan fingerprint density at radius 2 is 2.50 bits per heavy atom. The Labute approximate surface area is 72.8 Å². The number of carbonyl (C=O) groups is 1. The Bertz CT molecular complexity index is 331. The second kappa shape index (κ2) is 2.60. The zero-order valence-corrected chi connectivity index (χ0v) is 6.91. The van der Waals surface area contributed by atoms with E-state index < -0.39 is 0 Å². The molecule has 2 rings (SSSR count). The summed E-state index contributed by atoms with van der Waals surface area (Å²) in [6, 6.07) is 0. The first-order chi connectivity index (χ1) is 5.79. The standard InChI is InChI=1S/C7H6N2O2S/c10-5-1-3-9(6(5)11)7-8-2-4-12-7/h1-2,4,10H,3H2. The quantitative estimate of drug-likeness (QED) is 0.703. The lowest BCUT2D eigenvalue weighted by Crippen LogP contribution is -2.26. The molecule has 2 heterocycles. The summed E-state index contributed by atoms with van der Waals surface area (Å²) < 4.78 is 0. The molecule has 0 spiro atoms. The van der Waals surface area contributed by atoms with Crippen molar-refractivity contribution in [3.8, 4) is 0 Å². The molecular weight excluding hydrogens is 176 g/mol. The van der Waals surface area contributed by atoms with Gasteiger partial charge in [0.05, 0.1) is 6.54 Å². The summed E-state index contributed by atoms with van der Waals surface area (Å²) in [5.74, 6) is -0.560. The van der Waals surface area contributed by atoms with Gasteiger partial charge < -0.3 is 5.11 Å². The molecule has 62 valence electrons. The van der Waals surface area contributed by atoms with Gasteiger partial charge in [0.25, 0.3) is 5.91 Å². The molecule has 0 saturated heterocycles. The highest BCUT2D eigenvalue weighted by molar-refractivity contribution is 7.13. The zero-order valence-electron chi connectivity index (χ0n) is 6.10. The number of nitrogens with zero attached hydrogens (tertiary/aromatic N) is 2. The van der Waals surface area contributed by atoms with E-state index in [9.17, 15) is 4.79 Å². The van der Waals surface area contributed by atoms with Crippen molar-refractivity contribution in [2.45, 2.75) is 0 Å². The molecule has 5 heteroatoms. The fraction of sp³-hybridized carbons (Fsp3) is 0.143. The van der Waals surface area contributed by atoms with Crippen LogP contribution in [0.15, 0.2) is 23.4 Å². The van der Waals surface area contributed by atoms with Crippen LogP contribution in [0.2, 0.25) is 0 Å². The average Bonchev–Trinajstić information content (AvgIpc) is 2.64. The zero-order chi connectivity index (χ0) is 8.55. The Hall–Kier alpha value is -1.36. The van der Waals surface area contributed by atoms with Gasteiger partial charge in [-0.3, -0.25) is 9.69 Å². The summed E-state index contributed by atoms with van der Waals surface area (Å²) in [5.41, 5.74) is 0. The van der Waals surface area contributed by atoms with Crippen LogP contribution in [0.1, 0.15) is 0 Å². The SMILES string of the molecule is O=C1C(O)=CCN1c1nccs1. The third-order valence-corrected chi connectivity index (χ3v) is 2.38. The first-order valence-corrected chi connectivity index (χ1v) is 4.27. The van der Waals surface area contributed by atoms with Gasteiger partial charge in [-0.15, -0.1) is 11.3 Å². The van der Waals surface area contributed by atoms with Crippen molar-refractivity contribution in [2.75, 3.05) is 11.4 Å². The number of aliphatic hydroxyl groups excluding tert-OH is 1. The summed E-state index contributed by atoms with van der Waals surface area (Å²) in [5, 5.41) is 11.4. The van der Waals surface area contributed by atoms with Gasteiger partial charge in [-0.1, -0.05) is 0 Å². The second-order valence-electron chi connectivity index (χ2n) is 2.32. The lowest BCUT2D eigenvalue weighted by atomic mass is 10.5. The number of hydrogen-bond donors (Lipinski definition) is 1. The van der Waals surface area contributed by atoms with Crippen LogP contribution in [-0.2, 0) is 4.79 Å². The Morgan fingerprint density at radius 3 is 3.00 bits per heavy atom. The molecule has 1 aromatic heterocycles. The molecule has 1 N–H and O–H groups in total. The third-order valence-electron chi connectivity index (χ3n) is 1.58. The molecule has 0 saturated carbocycles. The maximum atomic E-state index is 11.2. The van der Waals surface area contributed by atoms with E-state index in [2.05, 4.69) is 4.98 Å².